The zero-order chi connectivity index (χ0) is 20.7. The van der Waals surface area contributed by atoms with Crippen molar-refractivity contribution in [3.8, 4) is 10.8 Å². The van der Waals surface area contributed by atoms with Gasteiger partial charge in [-0.1, -0.05) is 18.2 Å². The van der Waals surface area contributed by atoms with Crippen LogP contribution in [0.5, 0.6) is 0 Å². The minimum absolute atomic E-state index is 0.0470. The minimum Gasteiger partial charge on any atom is -0.458 e. The van der Waals surface area contributed by atoms with Gasteiger partial charge in [0.25, 0.3) is 5.56 Å². The average molecular weight is 421 g/mol. The second-order valence-electron chi connectivity index (χ2n) is 6.61. The molecule has 0 N–H and O–H groups in total. The summed E-state index contributed by atoms with van der Waals surface area (Å²) in [5, 5.41) is 2.68. The lowest BCUT2D eigenvalue weighted by Crippen LogP contribution is -2.25. The summed E-state index contributed by atoms with van der Waals surface area (Å²) < 4.78 is 17.7. The van der Waals surface area contributed by atoms with E-state index in [1.54, 1.807) is 13.0 Å². The van der Waals surface area contributed by atoms with Crippen LogP contribution in [0.15, 0.2) is 61.7 Å². The zero-order valence-electron chi connectivity index (χ0n) is 15.8. The summed E-state index contributed by atoms with van der Waals surface area (Å²) in [4.78, 5) is 34.6. The minimum atomic E-state index is -0.588. The van der Waals surface area contributed by atoms with Gasteiger partial charge in [0, 0.05) is 5.39 Å². The lowest BCUT2D eigenvalue weighted by molar-refractivity contribution is -0.145. The van der Waals surface area contributed by atoms with E-state index in [0.29, 0.717) is 28.4 Å². The van der Waals surface area contributed by atoms with Crippen molar-refractivity contribution in [2.75, 3.05) is 0 Å². The number of ether oxygens (including phenoxy) is 1. The Morgan fingerprint density at radius 2 is 2.07 bits per heavy atom. The number of benzene rings is 1. The molecule has 0 aliphatic carbocycles. The molecule has 30 heavy (non-hydrogen) atoms. The van der Waals surface area contributed by atoms with Crippen LogP contribution in [0.25, 0.3) is 32.8 Å². The van der Waals surface area contributed by atoms with Crippen LogP contribution in [-0.4, -0.2) is 20.5 Å². The number of thiophene rings is 1. The van der Waals surface area contributed by atoms with Crippen LogP contribution < -0.4 is 5.56 Å². The highest BCUT2D eigenvalue weighted by molar-refractivity contribution is 7.13. The van der Waals surface area contributed by atoms with Crippen molar-refractivity contribution in [3.05, 3.63) is 69.9 Å². The number of aromatic nitrogens is 3. The molecular formula is C21H15N3O5S. The number of hydrogen-bond donors (Lipinski definition) is 0. The van der Waals surface area contributed by atoms with Gasteiger partial charge in [-0.3, -0.25) is 14.2 Å². The van der Waals surface area contributed by atoms with E-state index in [0.717, 1.165) is 10.3 Å². The number of nitrogens with zero attached hydrogens (tertiary/aromatic N) is 3. The van der Waals surface area contributed by atoms with Crippen molar-refractivity contribution >= 4 is 39.4 Å². The molecule has 8 nitrogen and oxygen atoms in total. The van der Waals surface area contributed by atoms with E-state index < -0.39 is 11.5 Å². The molecule has 5 rings (SSSR count). The first-order valence-corrected chi connectivity index (χ1v) is 10.0. The summed E-state index contributed by atoms with van der Waals surface area (Å²) in [7, 11) is 0. The highest BCUT2D eigenvalue weighted by atomic mass is 32.1. The highest BCUT2D eigenvalue weighted by Gasteiger charge is 2.17. The lowest BCUT2D eigenvalue weighted by atomic mass is 10.2. The van der Waals surface area contributed by atoms with Gasteiger partial charge >= 0.3 is 5.97 Å². The van der Waals surface area contributed by atoms with E-state index in [1.807, 2.05) is 35.7 Å². The molecule has 0 saturated heterocycles. The van der Waals surface area contributed by atoms with Gasteiger partial charge in [-0.15, -0.1) is 11.3 Å². The quantitative estimate of drug-likeness (QED) is 0.397. The molecule has 0 aliphatic rings. The molecule has 1 aromatic carbocycles. The summed E-state index contributed by atoms with van der Waals surface area (Å²) in [6, 6.07) is 11.1. The molecular weight excluding hydrogens is 406 g/mol. The summed E-state index contributed by atoms with van der Waals surface area (Å²) in [6.07, 6.45) is 1.32. The summed E-state index contributed by atoms with van der Waals surface area (Å²) in [5.74, 6) is 0.479. The normalized spacial score (nSPS) is 11.4. The maximum absolute atomic E-state index is 12.7. The Bertz CT molecular complexity index is 1430. The lowest BCUT2D eigenvalue weighted by Gasteiger charge is -2.05. The van der Waals surface area contributed by atoms with Gasteiger partial charge in [0.15, 0.2) is 0 Å². The molecule has 0 atom stereocenters. The molecule has 0 spiro atoms. The van der Waals surface area contributed by atoms with E-state index in [4.69, 9.17) is 13.6 Å². The first-order chi connectivity index (χ1) is 14.6. The van der Waals surface area contributed by atoms with E-state index in [-0.39, 0.29) is 18.7 Å². The van der Waals surface area contributed by atoms with E-state index in [2.05, 4.69) is 9.97 Å². The SMILES string of the molecule is Cc1oc(-c2cccs2)nc1COC(=O)Cn1cnc2c(oc3ccccc32)c1=O. The van der Waals surface area contributed by atoms with Crippen molar-refractivity contribution in [1.29, 1.82) is 0 Å². The number of furan rings is 1. The maximum atomic E-state index is 12.7. The molecule has 9 heteroatoms. The molecule has 4 heterocycles. The second-order valence-corrected chi connectivity index (χ2v) is 7.56. The van der Waals surface area contributed by atoms with Crippen LogP contribution in [0.4, 0.5) is 0 Å². The highest BCUT2D eigenvalue weighted by Crippen LogP contribution is 2.26. The zero-order valence-corrected chi connectivity index (χ0v) is 16.6. The fourth-order valence-corrected chi connectivity index (χ4v) is 3.78. The van der Waals surface area contributed by atoms with Gasteiger partial charge < -0.3 is 13.6 Å². The van der Waals surface area contributed by atoms with Crippen LogP contribution in [0.1, 0.15) is 11.5 Å². The molecule has 0 unspecified atom stereocenters. The van der Waals surface area contributed by atoms with Crippen LogP contribution in [-0.2, 0) is 22.7 Å². The number of carbonyl (C=O) groups is 1. The van der Waals surface area contributed by atoms with Gasteiger partial charge in [0.2, 0.25) is 11.5 Å². The Morgan fingerprint density at radius 3 is 2.90 bits per heavy atom. The van der Waals surface area contributed by atoms with Gasteiger partial charge in [-0.25, -0.2) is 9.97 Å². The first kappa shape index (κ1) is 18.3. The number of rotatable bonds is 5. The number of aryl methyl sites for hydroxylation is 1. The van der Waals surface area contributed by atoms with Crippen molar-refractivity contribution in [1.82, 2.24) is 14.5 Å². The van der Waals surface area contributed by atoms with Crippen LogP contribution in [0.3, 0.4) is 0 Å². The molecule has 0 aliphatic heterocycles. The first-order valence-electron chi connectivity index (χ1n) is 9.12. The smallest absolute Gasteiger partial charge is 0.326 e. The summed E-state index contributed by atoms with van der Waals surface area (Å²) >= 11 is 1.51. The summed E-state index contributed by atoms with van der Waals surface area (Å²) in [5.41, 5.74) is 1.25. The van der Waals surface area contributed by atoms with Crippen molar-refractivity contribution in [2.24, 2.45) is 0 Å². The Balaban J connectivity index is 1.32. The average Bonchev–Trinajstić information content (AvgIpc) is 3.47. The topological polar surface area (TPSA) is 100 Å². The van der Waals surface area contributed by atoms with Crippen LogP contribution in [0.2, 0.25) is 0 Å². The van der Waals surface area contributed by atoms with Gasteiger partial charge in [0.1, 0.15) is 35.7 Å². The second kappa shape index (κ2) is 7.27. The van der Waals surface area contributed by atoms with Crippen LogP contribution >= 0.6 is 11.3 Å². The number of para-hydroxylation sites is 1. The molecule has 150 valence electrons. The van der Waals surface area contributed by atoms with E-state index in [1.165, 1.54) is 22.2 Å². The van der Waals surface area contributed by atoms with E-state index in [9.17, 15) is 9.59 Å². The summed E-state index contributed by atoms with van der Waals surface area (Å²) in [6.45, 7) is 1.43. The monoisotopic (exact) mass is 421 g/mol. The molecule has 0 bridgehead atoms. The fraction of sp³-hybridized carbons (Fsp3) is 0.143. The van der Waals surface area contributed by atoms with Gasteiger partial charge in [-0.05, 0) is 30.5 Å². The molecule has 5 aromatic rings. The van der Waals surface area contributed by atoms with Crippen LogP contribution in [0, 0.1) is 6.92 Å². The predicted octanol–water partition coefficient (Wildman–Crippen LogP) is 3.91. The molecule has 0 amide bonds. The molecule has 0 saturated carbocycles. The Labute approximate surface area is 173 Å². The number of esters is 1. The third-order valence-corrected chi connectivity index (χ3v) is 5.50. The molecule has 0 radical (unpaired) electrons. The van der Waals surface area contributed by atoms with Crippen molar-refractivity contribution in [2.45, 2.75) is 20.1 Å². The number of fused-ring (bicyclic) bond motifs is 3. The van der Waals surface area contributed by atoms with Gasteiger partial charge in [0.05, 0.1) is 11.2 Å². The van der Waals surface area contributed by atoms with Gasteiger partial charge in [-0.2, -0.15) is 0 Å². The number of hydrogen-bond acceptors (Lipinski definition) is 8. The third kappa shape index (κ3) is 3.18. The number of oxazole rings is 1. The predicted molar refractivity (Wildman–Crippen MR) is 110 cm³/mol. The fourth-order valence-electron chi connectivity index (χ4n) is 3.13. The van der Waals surface area contributed by atoms with Crippen molar-refractivity contribution < 1.29 is 18.4 Å². The Hall–Kier alpha value is -3.72. The maximum Gasteiger partial charge on any atom is 0.326 e. The molecule has 4 aromatic heterocycles. The molecule has 0 fully saturated rings. The Morgan fingerprint density at radius 1 is 1.20 bits per heavy atom. The van der Waals surface area contributed by atoms with E-state index >= 15 is 0 Å². The number of carbonyl (C=O) groups excluding carboxylic acids is 1. The standard InChI is InChI=1S/C21H15N3O5S/c1-12-14(23-20(28-12)16-7-4-8-30-16)10-27-17(25)9-24-11-22-18-13-5-2-3-6-15(13)29-19(18)21(24)26/h2-8,11H,9-10H2,1H3. The largest absolute Gasteiger partial charge is 0.458 e. The third-order valence-electron chi connectivity index (χ3n) is 4.64. The van der Waals surface area contributed by atoms with Crippen molar-refractivity contribution in [3.63, 3.8) is 0 Å². The Kier molecular flexibility index (Phi) is 4.44.